The van der Waals surface area contributed by atoms with Crippen molar-refractivity contribution in [2.75, 3.05) is 12.0 Å². The number of carbonyl (C=O) groups is 3. The summed E-state index contributed by atoms with van der Waals surface area (Å²) in [6, 6.07) is 11.3. The molecule has 2 aromatic rings. The van der Waals surface area contributed by atoms with E-state index < -0.39 is 17.8 Å². The summed E-state index contributed by atoms with van der Waals surface area (Å²) in [5.41, 5.74) is 0.768. The Morgan fingerprint density at radius 1 is 1.12 bits per heavy atom. The van der Waals surface area contributed by atoms with E-state index in [0.29, 0.717) is 17.0 Å². The minimum atomic E-state index is -0.778. The van der Waals surface area contributed by atoms with Crippen LogP contribution in [0, 0.1) is 3.57 Å². The van der Waals surface area contributed by atoms with E-state index in [-0.39, 0.29) is 5.57 Å². The first kappa shape index (κ1) is 18.6. The zero-order chi connectivity index (χ0) is 18.8. The van der Waals surface area contributed by atoms with Crippen LogP contribution in [0.25, 0.3) is 6.08 Å². The van der Waals surface area contributed by atoms with E-state index in [0.717, 1.165) is 12.9 Å². The molecular weight excluding hydrogens is 515 g/mol. The molecule has 0 aromatic heterocycles. The predicted molar refractivity (Wildman–Crippen MR) is 109 cm³/mol. The first-order valence-electron chi connectivity index (χ1n) is 7.41. The molecule has 3 rings (SSSR count). The van der Waals surface area contributed by atoms with Crippen molar-refractivity contribution in [3.63, 3.8) is 0 Å². The smallest absolute Gasteiger partial charge is 0.335 e. The number of anilines is 1. The molecule has 2 aromatic carbocycles. The summed E-state index contributed by atoms with van der Waals surface area (Å²) >= 11 is 5.47. The van der Waals surface area contributed by atoms with E-state index in [1.54, 1.807) is 42.5 Å². The molecule has 1 aliphatic heterocycles. The number of nitrogens with zero attached hydrogens (tertiary/aromatic N) is 1. The fourth-order valence-corrected chi connectivity index (χ4v) is 3.19. The average molecular weight is 527 g/mol. The fraction of sp³-hybridized carbons (Fsp3) is 0.0556. The summed E-state index contributed by atoms with van der Waals surface area (Å²) in [5, 5.41) is 2.20. The maximum atomic E-state index is 12.8. The number of amides is 4. The molecule has 1 saturated heterocycles. The minimum absolute atomic E-state index is 0.153. The molecule has 8 heteroatoms. The highest BCUT2D eigenvalue weighted by atomic mass is 127. The maximum absolute atomic E-state index is 12.8. The quantitative estimate of drug-likeness (QED) is 0.375. The molecule has 4 amide bonds. The number of halogens is 2. The van der Waals surface area contributed by atoms with E-state index >= 15 is 0 Å². The van der Waals surface area contributed by atoms with E-state index in [4.69, 9.17) is 4.74 Å². The number of nitrogens with one attached hydrogen (secondary N) is 1. The van der Waals surface area contributed by atoms with E-state index in [1.165, 1.54) is 13.2 Å². The first-order chi connectivity index (χ1) is 12.4. The van der Waals surface area contributed by atoms with Crippen molar-refractivity contribution in [1.29, 1.82) is 0 Å². The van der Waals surface area contributed by atoms with Gasteiger partial charge in [-0.15, -0.1) is 0 Å². The van der Waals surface area contributed by atoms with Gasteiger partial charge in [-0.25, -0.2) is 9.69 Å². The molecule has 0 saturated carbocycles. The van der Waals surface area contributed by atoms with Crippen molar-refractivity contribution in [2.24, 2.45) is 0 Å². The molecule has 26 heavy (non-hydrogen) atoms. The highest BCUT2D eigenvalue weighted by molar-refractivity contribution is 14.1. The van der Waals surface area contributed by atoms with Crippen LogP contribution in [0.3, 0.4) is 0 Å². The number of hydrogen-bond donors (Lipinski definition) is 1. The predicted octanol–water partition coefficient (Wildman–Crippen LogP) is 3.73. The third-order valence-corrected chi connectivity index (χ3v) is 4.89. The second-order valence-corrected chi connectivity index (χ2v) is 7.48. The van der Waals surface area contributed by atoms with Crippen LogP contribution in [-0.4, -0.2) is 25.0 Å². The number of hydrogen-bond acceptors (Lipinski definition) is 4. The number of methoxy groups -OCH3 is 1. The van der Waals surface area contributed by atoms with Crippen LogP contribution in [0.5, 0.6) is 5.75 Å². The number of rotatable bonds is 3. The van der Waals surface area contributed by atoms with Gasteiger partial charge in [0.2, 0.25) is 0 Å². The van der Waals surface area contributed by atoms with Crippen LogP contribution in [0.1, 0.15) is 5.56 Å². The number of barbiturate groups is 1. The molecule has 0 unspecified atom stereocenters. The topological polar surface area (TPSA) is 75.7 Å². The van der Waals surface area contributed by atoms with E-state index in [1.807, 2.05) is 0 Å². The third-order valence-electron chi connectivity index (χ3n) is 3.68. The Kier molecular flexibility index (Phi) is 5.42. The van der Waals surface area contributed by atoms with Crippen LogP contribution in [0.4, 0.5) is 10.5 Å². The highest BCUT2D eigenvalue weighted by Gasteiger charge is 2.36. The van der Waals surface area contributed by atoms with Gasteiger partial charge in [-0.3, -0.25) is 14.9 Å². The molecule has 1 aliphatic rings. The standard InChI is InChI=1S/C18H12BrIN2O4/c1-26-15-7-2-11(19)8-10(15)9-14-16(23)21-18(25)22(17(14)24)13-5-3-12(20)4-6-13/h2-9H,1H3,(H,21,23,25)/b14-9+. The van der Waals surface area contributed by atoms with Gasteiger partial charge in [-0.2, -0.15) is 0 Å². The highest BCUT2D eigenvalue weighted by Crippen LogP contribution is 2.28. The number of imide groups is 2. The normalized spacial score (nSPS) is 16.0. The first-order valence-corrected chi connectivity index (χ1v) is 9.28. The molecule has 6 nitrogen and oxygen atoms in total. The van der Waals surface area contributed by atoms with Gasteiger partial charge in [0.05, 0.1) is 12.8 Å². The van der Waals surface area contributed by atoms with Crippen molar-refractivity contribution in [2.45, 2.75) is 0 Å². The molecule has 0 spiro atoms. The summed E-state index contributed by atoms with van der Waals surface area (Å²) in [6.07, 6.45) is 1.41. The molecule has 0 radical (unpaired) electrons. The van der Waals surface area contributed by atoms with Crippen molar-refractivity contribution in [3.05, 3.63) is 61.6 Å². The van der Waals surface area contributed by atoms with Gasteiger partial charge in [0, 0.05) is 13.6 Å². The van der Waals surface area contributed by atoms with Crippen LogP contribution in [0.15, 0.2) is 52.5 Å². The lowest BCUT2D eigenvalue weighted by Crippen LogP contribution is -2.54. The summed E-state index contributed by atoms with van der Waals surface area (Å²) in [6.45, 7) is 0. The van der Waals surface area contributed by atoms with E-state index in [2.05, 4.69) is 43.8 Å². The molecule has 0 aliphatic carbocycles. The number of urea groups is 1. The Hall–Kier alpha value is -2.20. The Labute approximate surface area is 171 Å². The second-order valence-electron chi connectivity index (χ2n) is 5.32. The molecule has 132 valence electrons. The monoisotopic (exact) mass is 526 g/mol. The Bertz CT molecular complexity index is 941. The molecule has 1 heterocycles. The molecule has 1 N–H and O–H groups in total. The molecule has 0 bridgehead atoms. The summed E-state index contributed by atoms with van der Waals surface area (Å²) in [4.78, 5) is 38.2. The lowest BCUT2D eigenvalue weighted by molar-refractivity contribution is -0.122. The van der Waals surface area contributed by atoms with Crippen LogP contribution in [0.2, 0.25) is 0 Å². The van der Waals surface area contributed by atoms with Crippen LogP contribution in [-0.2, 0) is 9.59 Å². The minimum Gasteiger partial charge on any atom is -0.496 e. The van der Waals surface area contributed by atoms with Gasteiger partial charge >= 0.3 is 6.03 Å². The molecule has 0 atom stereocenters. The average Bonchev–Trinajstić information content (AvgIpc) is 2.60. The van der Waals surface area contributed by atoms with Crippen molar-refractivity contribution in [3.8, 4) is 5.75 Å². The summed E-state index contributed by atoms with van der Waals surface area (Å²) < 4.78 is 6.99. The van der Waals surface area contributed by atoms with Gasteiger partial charge in [-0.1, -0.05) is 15.9 Å². The SMILES string of the molecule is COc1ccc(Br)cc1/C=C1\C(=O)NC(=O)N(c2ccc(I)cc2)C1=O. The number of benzene rings is 2. The second kappa shape index (κ2) is 7.58. The van der Waals surface area contributed by atoms with Crippen molar-refractivity contribution in [1.82, 2.24) is 5.32 Å². The van der Waals surface area contributed by atoms with E-state index in [9.17, 15) is 14.4 Å². The zero-order valence-corrected chi connectivity index (χ0v) is 17.2. The summed E-state index contributed by atoms with van der Waals surface area (Å²) in [7, 11) is 1.50. The van der Waals surface area contributed by atoms with Crippen molar-refractivity contribution >= 4 is 68.1 Å². The third kappa shape index (κ3) is 3.65. The van der Waals surface area contributed by atoms with Gasteiger partial charge in [0.25, 0.3) is 11.8 Å². The molecular formula is C18H12BrIN2O4. The molecule has 1 fully saturated rings. The zero-order valence-electron chi connectivity index (χ0n) is 13.5. The largest absolute Gasteiger partial charge is 0.496 e. The number of carbonyl (C=O) groups excluding carboxylic acids is 3. The number of ether oxygens (including phenoxy) is 1. The lowest BCUT2D eigenvalue weighted by Gasteiger charge is -2.26. The Morgan fingerprint density at radius 3 is 2.46 bits per heavy atom. The Balaban J connectivity index is 2.06. The van der Waals surface area contributed by atoms with Crippen LogP contribution >= 0.6 is 38.5 Å². The van der Waals surface area contributed by atoms with Gasteiger partial charge in [0.1, 0.15) is 11.3 Å². The van der Waals surface area contributed by atoms with Gasteiger partial charge < -0.3 is 4.74 Å². The van der Waals surface area contributed by atoms with Crippen molar-refractivity contribution < 1.29 is 19.1 Å². The Morgan fingerprint density at radius 2 is 1.81 bits per heavy atom. The van der Waals surface area contributed by atoms with Gasteiger partial charge in [0.15, 0.2) is 0 Å². The summed E-state index contributed by atoms with van der Waals surface area (Å²) in [5.74, 6) is -0.940. The maximum Gasteiger partial charge on any atom is 0.335 e. The van der Waals surface area contributed by atoms with Crippen LogP contribution < -0.4 is 15.0 Å². The van der Waals surface area contributed by atoms with Gasteiger partial charge in [-0.05, 0) is 71.1 Å². The fourth-order valence-electron chi connectivity index (χ4n) is 2.46. The lowest BCUT2D eigenvalue weighted by atomic mass is 10.1.